The molecular weight excluding hydrogens is 355 g/mol. The number of nitrogen functional groups attached to an aromatic ring is 1. The van der Waals surface area contributed by atoms with E-state index in [1.54, 1.807) is 37.5 Å². The van der Waals surface area contributed by atoms with Gasteiger partial charge in [-0.05, 0) is 31.2 Å². The summed E-state index contributed by atoms with van der Waals surface area (Å²) in [5, 5.41) is 3.61. The number of hydrogen-bond donors (Lipinski definition) is 2. The van der Waals surface area contributed by atoms with Crippen molar-refractivity contribution in [1.82, 2.24) is 9.97 Å². The highest BCUT2D eigenvalue weighted by atomic mass is 32.1. The smallest absolute Gasteiger partial charge is 0.352 e. The highest BCUT2D eigenvalue weighted by molar-refractivity contribution is 7.17. The van der Waals surface area contributed by atoms with Gasteiger partial charge in [0.25, 0.3) is 0 Å². The molecule has 0 saturated heterocycles. The van der Waals surface area contributed by atoms with Crippen LogP contribution in [0.15, 0.2) is 42.7 Å². The number of anilines is 2. The van der Waals surface area contributed by atoms with Gasteiger partial charge in [0.15, 0.2) is 10.7 Å². The molecule has 0 unspecified atom stereocenters. The van der Waals surface area contributed by atoms with Crippen LogP contribution in [-0.4, -0.2) is 22.5 Å². The second kappa shape index (κ2) is 7.92. The maximum Gasteiger partial charge on any atom is 0.352 e. The summed E-state index contributed by atoms with van der Waals surface area (Å²) in [7, 11) is 0. The Kier molecular flexibility index (Phi) is 5.43. The number of aromatic nitrogens is 2. The van der Waals surface area contributed by atoms with Crippen molar-refractivity contribution in [3.05, 3.63) is 59.0 Å². The maximum absolute atomic E-state index is 14.0. The predicted octanol–water partition coefficient (Wildman–Crippen LogP) is 3.72. The summed E-state index contributed by atoms with van der Waals surface area (Å²) < 4.78 is 19.1. The van der Waals surface area contributed by atoms with Gasteiger partial charge in [-0.25, -0.2) is 14.2 Å². The van der Waals surface area contributed by atoms with Gasteiger partial charge in [-0.3, -0.25) is 4.98 Å². The Morgan fingerprint density at radius 2 is 2.19 bits per heavy atom. The van der Waals surface area contributed by atoms with Crippen molar-refractivity contribution in [1.29, 1.82) is 0 Å². The van der Waals surface area contributed by atoms with Gasteiger partial charge in [-0.15, -0.1) is 11.3 Å². The van der Waals surface area contributed by atoms with E-state index in [0.29, 0.717) is 27.0 Å². The number of ether oxygens (including phenoxy) is 1. The number of nitrogens with one attached hydrogen (secondary N) is 1. The Bertz CT molecular complexity index is 895. The number of nitrogens with zero attached hydrogens (tertiary/aromatic N) is 2. The van der Waals surface area contributed by atoms with E-state index in [-0.39, 0.29) is 13.2 Å². The summed E-state index contributed by atoms with van der Waals surface area (Å²) in [6.07, 6.45) is 3.32. The largest absolute Gasteiger partial charge is 0.462 e. The molecule has 26 heavy (non-hydrogen) atoms. The lowest BCUT2D eigenvalue weighted by atomic mass is 10.1. The van der Waals surface area contributed by atoms with Crippen molar-refractivity contribution in [3.63, 3.8) is 0 Å². The average Bonchev–Trinajstić information content (AvgIpc) is 3.07. The number of thiazole rings is 1. The summed E-state index contributed by atoms with van der Waals surface area (Å²) in [4.78, 5) is 21.1. The number of benzene rings is 1. The third-order valence-electron chi connectivity index (χ3n) is 3.58. The Morgan fingerprint density at radius 3 is 2.88 bits per heavy atom. The molecular formula is C18H17FN4O2S. The van der Waals surface area contributed by atoms with E-state index < -0.39 is 11.8 Å². The van der Waals surface area contributed by atoms with Crippen LogP contribution < -0.4 is 11.1 Å². The lowest BCUT2D eigenvalue weighted by molar-refractivity contribution is 0.0533. The molecule has 0 atom stereocenters. The van der Waals surface area contributed by atoms with E-state index >= 15 is 0 Å². The average molecular weight is 372 g/mol. The van der Waals surface area contributed by atoms with Crippen LogP contribution in [0.1, 0.15) is 22.2 Å². The molecule has 2 heterocycles. The Morgan fingerprint density at radius 1 is 1.35 bits per heavy atom. The molecule has 0 aliphatic rings. The predicted molar refractivity (Wildman–Crippen MR) is 99.4 cm³/mol. The van der Waals surface area contributed by atoms with Crippen molar-refractivity contribution < 1.29 is 13.9 Å². The maximum atomic E-state index is 14.0. The molecule has 0 saturated carbocycles. The molecule has 134 valence electrons. The number of rotatable bonds is 6. The van der Waals surface area contributed by atoms with Crippen LogP contribution in [-0.2, 0) is 11.3 Å². The van der Waals surface area contributed by atoms with E-state index in [4.69, 9.17) is 10.5 Å². The highest BCUT2D eigenvalue weighted by Gasteiger charge is 2.20. The second-order valence-electron chi connectivity index (χ2n) is 5.32. The number of nitrogens with two attached hydrogens (primary N) is 1. The first-order chi connectivity index (χ1) is 12.6. The summed E-state index contributed by atoms with van der Waals surface area (Å²) in [5.41, 5.74) is 7.26. The van der Waals surface area contributed by atoms with Gasteiger partial charge in [-0.1, -0.05) is 6.07 Å². The molecule has 0 aliphatic carbocycles. The molecule has 0 spiro atoms. The molecule has 0 radical (unpaired) electrons. The number of carbonyl (C=O) groups excluding carboxylic acids is 1. The molecule has 0 aliphatic heterocycles. The first-order valence-corrected chi connectivity index (χ1v) is 8.77. The van der Waals surface area contributed by atoms with Crippen molar-refractivity contribution in [3.8, 4) is 10.6 Å². The molecule has 1 aromatic carbocycles. The van der Waals surface area contributed by atoms with Crippen LogP contribution in [0.3, 0.4) is 0 Å². The molecule has 2 aromatic heterocycles. The Labute approximate surface area is 153 Å². The van der Waals surface area contributed by atoms with E-state index in [2.05, 4.69) is 15.3 Å². The standard InChI is InChI=1S/C18H17FN4O2S/c1-2-25-18(24)15-16(22-10-12-13(19)6-3-7-14(12)20)23-17(26-15)11-5-4-8-21-9-11/h3-9,22H,2,10,20H2,1H3. The number of esters is 1. The SMILES string of the molecule is CCOC(=O)c1sc(-c2cccnc2)nc1NCc1c(N)cccc1F. The van der Waals surface area contributed by atoms with Gasteiger partial charge >= 0.3 is 5.97 Å². The van der Waals surface area contributed by atoms with E-state index in [9.17, 15) is 9.18 Å². The van der Waals surface area contributed by atoms with Gasteiger partial charge < -0.3 is 15.8 Å². The van der Waals surface area contributed by atoms with E-state index in [1.807, 2.05) is 6.07 Å². The fourth-order valence-electron chi connectivity index (χ4n) is 2.32. The monoisotopic (exact) mass is 372 g/mol. The zero-order valence-corrected chi connectivity index (χ0v) is 14.8. The van der Waals surface area contributed by atoms with E-state index in [0.717, 1.165) is 5.56 Å². The fraction of sp³-hybridized carbons (Fsp3) is 0.167. The summed E-state index contributed by atoms with van der Waals surface area (Å²) in [6.45, 7) is 2.08. The normalized spacial score (nSPS) is 10.5. The van der Waals surface area contributed by atoms with Gasteiger partial charge in [0.2, 0.25) is 0 Å². The van der Waals surface area contributed by atoms with Gasteiger partial charge in [-0.2, -0.15) is 0 Å². The summed E-state index contributed by atoms with van der Waals surface area (Å²) in [5.74, 6) is -0.572. The molecule has 3 rings (SSSR count). The minimum absolute atomic E-state index is 0.0983. The molecule has 3 N–H and O–H groups in total. The zero-order valence-electron chi connectivity index (χ0n) is 14.0. The van der Waals surface area contributed by atoms with Crippen molar-refractivity contribution in [2.45, 2.75) is 13.5 Å². The number of halogens is 1. The lowest BCUT2D eigenvalue weighted by Gasteiger charge is -2.09. The van der Waals surface area contributed by atoms with Crippen LogP contribution in [0.25, 0.3) is 10.6 Å². The van der Waals surface area contributed by atoms with Crippen LogP contribution >= 0.6 is 11.3 Å². The summed E-state index contributed by atoms with van der Waals surface area (Å²) in [6, 6.07) is 8.13. The Balaban J connectivity index is 1.91. The molecule has 0 bridgehead atoms. The molecule has 6 nitrogen and oxygen atoms in total. The number of hydrogen-bond acceptors (Lipinski definition) is 7. The van der Waals surface area contributed by atoms with Crippen molar-refractivity contribution in [2.75, 3.05) is 17.7 Å². The molecule has 0 fully saturated rings. The van der Waals surface area contributed by atoms with Gasteiger partial charge in [0, 0.05) is 35.8 Å². The van der Waals surface area contributed by atoms with Crippen LogP contribution in [0.2, 0.25) is 0 Å². The van der Waals surface area contributed by atoms with Crippen LogP contribution in [0.5, 0.6) is 0 Å². The third kappa shape index (κ3) is 3.80. The first-order valence-electron chi connectivity index (χ1n) is 7.95. The third-order valence-corrected chi connectivity index (χ3v) is 4.67. The topological polar surface area (TPSA) is 90.1 Å². The Hall–Kier alpha value is -3.00. The first kappa shape index (κ1) is 17.8. The number of carbonyl (C=O) groups is 1. The van der Waals surface area contributed by atoms with Gasteiger partial charge in [0.1, 0.15) is 10.8 Å². The quantitative estimate of drug-likeness (QED) is 0.506. The fourth-order valence-corrected chi connectivity index (χ4v) is 3.25. The van der Waals surface area contributed by atoms with E-state index in [1.165, 1.54) is 17.4 Å². The van der Waals surface area contributed by atoms with Crippen molar-refractivity contribution in [2.24, 2.45) is 0 Å². The van der Waals surface area contributed by atoms with Crippen LogP contribution in [0, 0.1) is 5.82 Å². The summed E-state index contributed by atoms with van der Waals surface area (Å²) >= 11 is 1.19. The molecule has 3 aromatic rings. The molecule has 8 heteroatoms. The number of pyridine rings is 1. The minimum atomic E-state index is -0.482. The zero-order chi connectivity index (χ0) is 18.5. The van der Waals surface area contributed by atoms with Crippen molar-refractivity contribution >= 4 is 28.8 Å². The minimum Gasteiger partial charge on any atom is -0.462 e. The molecule has 0 amide bonds. The highest BCUT2D eigenvalue weighted by Crippen LogP contribution is 2.32. The van der Waals surface area contributed by atoms with Crippen LogP contribution in [0.4, 0.5) is 15.9 Å². The lowest BCUT2D eigenvalue weighted by Crippen LogP contribution is -2.10. The second-order valence-corrected chi connectivity index (χ2v) is 6.32. The van der Waals surface area contributed by atoms with Gasteiger partial charge in [0.05, 0.1) is 6.61 Å².